The van der Waals surface area contributed by atoms with E-state index in [1.807, 2.05) is 0 Å². The maximum absolute atomic E-state index is 12.1. The van der Waals surface area contributed by atoms with Crippen molar-refractivity contribution in [1.82, 2.24) is 0 Å². The van der Waals surface area contributed by atoms with Gasteiger partial charge in [0.15, 0.2) is 0 Å². The van der Waals surface area contributed by atoms with Crippen molar-refractivity contribution in [1.29, 1.82) is 0 Å². The molecule has 1 N–H and O–H groups in total. The smallest absolute Gasteiger partial charge is 0.347 e. The average molecular weight is 428 g/mol. The van der Waals surface area contributed by atoms with Crippen LogP contribution in [0.1, 0.15) is 42.9 Å². The summed E-state index contributed by atoms with van der Waals surface area (Å²) in [5.41, 5.74) is 0.745. The molecular formula is C14H4Br2O6. The standard InChI is InChI=1S/C14H4Br2O6/c15-5-1-3-7-8-4(12(18)22-13(19)9(5)8)2-6(16)10(7)14(20)21-11(3)17/h1-2,11,17H. The van der Waals surface area contributed by atoms with Crippen LogP contribution in [0.5, 0.6) is 0 Å². The molecule has 0 fully saturated rings. The molecule has 0 radical (unpaired) electrons. The van der Waals surface area contributed by atoms with E-state index in [1.54, 1.807) is 0 Å². The molecule has 8 heteroatoms. The van der Waals surface area contributed by atoms with Gasteiger partial charge in [0.25, 0.3) is 0 Å². The average Bonchev–Trinajstić information content (AvgIpc) is 2.43. The number of halogens is 2. The van der Waals surface area contributed by atoms with Gasteiger partial charge in [-0.15, -0.1) is 0 Å². The molecule has 2 aromatic rings. The van der Waals surface area contributed by atoms with Crippen molar-refractivity contribution in [2.24, 2.45) is 0 Å². The zero-order valence-corrected chi connectivity index (χ0v) is 13.6. The number of carbonyl (C=O) groups is 3. The molecule has 2 heterocycles. The minimum absolute atomic E-state index is 0.143. The van der Waals surface area contributed by atoms with E-state index in [0.717, 1.165) is 0 Å². The summed E-state index contributed by atoms with van der Waals surface area (Å²) in [5.74, 6) is -2.35. The van der Waals surface area contributed by atoms with E-state index in [-0.39, 0.29) is 22.1 Å². The molecule has 0 spiro atoms. The monoisotopic (exact) mass is 426 g/mol. The quantitative estimate of drug-likeness (QED) is 0.513. The molecule has 0 amide bonds. The molecule has 0 aromatic heterocycles. The van der Waals surface area contributed by atoms with Crippen LogP contribution in [0.4, 0.5) is 0 Å². The summed E-state index contributed by atoms with van der Waals surface area (Å²) in [4.78, 5) is 36.1. The van der Waals surface area contributed by atoms with Crippen molar-refractivity contribution in [3.8, 4) is 0 Å². The molecule has 6 nitrogen and oxygen atoms in total. The van der Waals surface area contributed by atoms with E-state index in [1.165, 1.54) is 12.1 Å². The Morgan fingerprint density at radius 3 is 2.27 bits per heavy atom. The Kier molecular flexibility index (Phi) is 2.76. The van der Waals surface area contributed by atoms with Gasteiger partial charge in [-0.25, -0.2) is 14.4 Å². The largest absolute Gasteiger partial charge is 0.428 e. The predicted octanol–water partition coefficient (Wildman–Crippen LogP) is 2.84. The molecule has 1 atom stereocenters. The van der Waals surface area contributed by atoms with Crippen LogP contribution < -0.4 is 0 Å². The topological polar surface area (TPSA) is 89.9 Å². The molecule has 2 aliphatic heterocycles. The Morgan fingerprint density at radius 1 is 0.909 bits per heavy atom. The summed E-state index contributed by atoms with van der Waals surface area (Å²) < 4.78 is 10.3. The van der Waals surface area contributed by atoms with Crippen molar-refractivity contribution in [3.05, 3.63) is 43.3 Å². The summed E-state index contributed by atoms with van der Waals surface area (Å²) in [6.07, 6.45) is -1.47. The van der Waals surface area contributed by atoms with Crippen molar-refractivity contribution in [2.75, 3.05) is 0 Å². The molecule has 2 aromatic carbocycles. The third-order valence-electron chi connectivity index (χ3n) is 3.64. The highest BCUT2D eigenvalue weighted by Gasteiger charge is 2.38. The third-order valence-corrected chi connectivity index (χ3v) is 4.89. The lowest BCUT2D eigenvalue weighted by Gasteiger charge is -2.26. The first kappa shape index (κ1) is 13.9. The van der Waals surface area contributed by atoms with Crippen molar-refractivity contribution in [3.63, 3.8) is 0 Å². The van der Waals surface area contributed by atoms with Crippen molar-refractivity contribution in [2.45, 2.75) is 6.29 Å². The molecule has 110 valence electrons. The third kappa shape index (κ3) is 1.60. The first-order chi connectivity index (χ1) is 10.4. The fourth-order valence-corrected chi connectivity index (χ4v) is 3.96. The summed E-state index contributed by atoms with van der Waals surface area (Å²) >= 11 is 6.45. The zero-order valence-electron chi connectivity index (χ0n) is 10.5. The van der Waals surface area contributed by atoms with Gasteiger partial charge in [-0.3, -0.25) is 0 Å². The van der Waals surface area contributed by atoms with Crippen LogP contribution >= 0.6 is 31.9 Å². The molecule has 22 heavy (non-hydrogen) atoms. The van der Waals surface area contributed by atoms with E-state index in [0.29, 0.717) is 19.9 Å². The summed E-state index contributed by atoms with van der Waals surface area (Å²) in [7, 11) is 0. The molecule has 2 aliphatic rings. The van der Waals surface area contributed by atoms with E-state index < -0.39 is 24.2 Å². The Morgan fingerprint density at radius 2 is 1.55 bits per heavy atom. The maximum Gasteiger partial charge on any atom is 0.347 e. The Labute approximate surface area is 139 Å². The van der Waals surface area contributed by atoms with Gasteiger partial charge < -0.3 is 14.6 Å². The van der Waals surface area contributed by atoms with Gasteiger partial charge in [-0.2, -0.15) is 0 Å². The molecule has 1 unspecified atom stereocenters. The van der Waals surface area contributed by atoms with Gasteiger partial charge >= 0.3 is 17.9 Å². The second-order valence-corrected chi connectivity index (χ2v) is 6.50. The Balaban J connectivity index is 2.33. The molecule has 0 aliphatic carbocycles. The number of aliphatic hydroxyl groups excluding tert-OH is 1. The number of aliphatic hydroxyl groups is 1. The van der Waals surface area contributed by atoms with E-state index in [9.17, 15) is 19.5 Å². The lowest BCUT2D eigenvalue weighted by molar-refractivity contribution is -0.0687. The number of hydrogen-bond donors (Lipinski definition) is 1. The highest BCUT2D eigenvalue weighted by Crippen LogP contribution is 2.44. The van der Waals surface area contributed by atoms with Crippen molar-refractivity contribution >= 4 is 60.5 Å². The lowest BCUT2D eigenvalue weighted by Crippen LogP contribution is -2.25. The van der Waals surface area contributed by atoms with Crippen LogP contribution in [0.15, 0.2) is 21.1 Å². The van der Waals surface area contributed by atoms with Gasteiger partial charge in [0, 0.05) is 25.3 Å². The highest BCUT2D eigenvalue weighted by molar-refractivity contribution is 9.10. The van der Waals surface area contributed by atoms with Gasteiger partial charge in [0.2, 0.25) is 6.29 Å². The van der Waals surface area contributed by atoms with Gasteiger partial charge in [0.1, 0.15) is 0 Å². The van der Waals surface area contributed by atoms with Crippen LogP contribution in [-0.4, -0.2) is 23.0 Å². The SMILES string of the molecule is O=C1OC(=O)c2c(Br)cc3c4c(c(Br)cc1c24)C(=O)OC3O. The van der Waals surface area contributed by atoms with E-state index in [2.05, 4.69) is 31.9 Å². The van der Waals surface area contributed by atoms with Crippen LogP contribution in [-0.2, 0) is 9.47 Å². The number of cyclic esters (lactones) is 3. The predicted molar refractivity (Wildman–Crippen MR) is 79.5 cm³/mol. The fraction of sp³-hybridized carbons (Fsp3) is 0.0714. The number of benzene rings is 2. The first-order valence-corrected chi connectivity index (χ1v) is 7.63. The minimum Gasteiger partial charge on any atom is -0.428 e. The molecule has 0 saturated heterocycles. The number of carbonyl (C=O) groups excluding carboxylic acids is 3. The second kappa shape index (κ2) is 4.37. The Bertz CT molecular complexity index is 933. The number of hydrogen-bond acceptors (Lipinski definition) is 6. The summed E-state index contributed by atoms with van der Waals surface area (Å²) in [6, 6.07) is 2.89. The molecule has 0 saturated carbocycles. The van der Waals surface area contributed by atoms with Crippen LogP contribution in [0.25, 0.3) is 10.8 Å². The van der Waals surface area contributed by atoms with Crippen LogP contribution in [0.2, 0.25) is 0 Å². The maximum atomic E-state index is 12.1. The van der Waals surface area contributed by atoms with Crippen LogP contribution in [0.3, 0.4) is 0 Å². The number of ether oxygens (including phenoxy) is 2. The number of rotatable bonds is 0. The number of esters is 3. The van der Waals surface area contributed by atoms with Crippen LogP contribution in [0, 0.1) is 0 Å². The van der Waals surface area contributed by atoms with Gasteiger partial charge in [-0.05, 0) is 44.0 Å². The van der Waals surface area contributed by atoms with E-state index in [4.69, 9.17) is 9.47 Å². The molecule has 0 bridgehead atoms. The molecule has 4 rings (SSSR count). The van der Waals surface area contributed by atoms with Crippen molar-refractivity contribution < 1.29 is 29.0 Å². The summed E-state index contributed by atoms with van der Waals surface area (Å²) in [5, 5.41) is 10.6. The van der Waals surface area contributed by atoms with E-state index >= 15 is 0 Å². The fourth-order valence-electron chi connectivity index (χ4n) is 2.77. The minimum atomic E-state index is -1.47. The first-order valence-electron chi connectivity index (χ1n) is 6.04. The normalized spacial score (nSPS) is 19.2. The summed E-state index contributed by atoms with van der Waals surface area (Å²) in [6.45, 7) is 0. The highest BCUT2D eigenvalue weighted by atomic mass is 79.9. The lowest BCUT2D eigenvalue weighted by atomic mass is 9.89. The Hall–Kier alpha value is -1.77. The van der Waals surface area contributed by atoms with Gasteiger partial charge in [-0.1, -0.05) is 0 Å². The molecular weight excluding hydrogens is 424 g/mol. The second-order valence-electron chi connectivity index (χ2n) is 4.79. The zero-order chi connectivity index (χ0) is 15.8. The van der Waals surface area contributed by atoms with Gasteiger partial charge in [0.05, 0.1) is 16.7 Å².